The number of anilines is 1. The summed E-state index contributed by atoms with van der Waals surface area (Å²) in [5.41, 5.74) is 5.62. The fourth-order valence-corrected chi connectivity index (χ4v) is 4.76. The van der Waals surface area contributed by atoms with Crippen LogP contribution in [0.2, 0.25) is 5.02 Å². The largest absolute Gasteiger partial charge is 0.480 e. The van der Waals surface area contributed by atoms with E-state index in [1.54, 1.807) is 18.2 Å². The van der Waals surface area contributed by atoms with E-state index < -0.39 is 18.1 Å². The van der Waals surface area contributed by atoms with Gasteiger partial charge in [0.1, 0.15) is 12.6 Å². The number of halogens is 1. The lowest BCUT2D eigenvalue weighted by Crippen LogP contribution is -2.43. The number of aliphatic carboxylic acids is 1. The van der Waals surface area contributed by atoms with Crippen LogP contribution >= 0.6 is 11.6 Å². The number of carboxylic acid groups (broad SMARTS) is 1. The normalized spacial score (nSPS) is 16.7. The van der Waals surface area contributed by atoms with Crippen molar-refractivity contribution in [3.8, 4) is 11.1 Å². The second kappa shape index (κ2) is 7.18. The number of rotatable bonds is 3. The maximum atomic E-state index is 13.0. The molecule has 2 aliphatic rings. The summed E-state index contributed by atoms with van der Waals surface area (Å²) in [7, 11) is 0. The van der Waals surface area contributed by atoms with Crippen molar-refractivity contribution in [3.63, 3.8) is 0 Å². The third kappa shape index (κ3) is 2.85. The summed E-state index contributed by atoms with van der Waals surface area (Å²) in [6.45, 7) is 0.131. The van der Waals surface area contributed by atoms with Crippen molar-refractivity contribution in [1.82, 2.24) is 0 Å². The van der Waals surface area contributed by atoms with Crippen LogP contribution in [0.25, 0.3) is 11.1 Å². The minimum Gasteiger partial charge on any atom is -0.480 e. The minimum atomic E-state index is -1.09. The second-order valence-corrected chi connectivity index (χ2v) is 7.88. The van der Waals surface area contributed by atoms with Gasteiger partial charge in [0.15, 0.2) is 0 Å². The van der Waals surface area contributed by atoms with Crippen LogP contribution in [0.15, 0.2) is 66.7 Å². The molecule has 1 amide bonds. The van der Waals surface area contributed by atoms with Crippen molar-refractivity contribution in [3.05, 3.63) is 88.4 Å². The first-order valence-electron chi connectivity index (χ1n) is 9.70. The molecule has 6 heteroatoms. The van der Waals surface area contributed by atoms with Crippen LogP contribution in [0.4, 0.5) is 10.5 Å². The van der Waals surface area contributed by atoms with E-state index in [9.17, 15) is 14.7 Å². The van der Waals surface area contributed by atoms with Crippen molar-refractivity contribution in [2.45, 2.75) is 18.4 Å². The van der Waals surface area contributed by atoms with Gasteiger partial charge in [0.25, 0.3) is 0 Å². The van der Waals surface area contributed by atoms with Gasteiger partial charge in [-0.05, 0) is 39.9 Å². The van der Waals surface area contributed by atoms with Gasteiger partial charge in [0, 0.05) is 17.4 Å². The lowest BCUT2D eigenvalue weighted by atomic mass is 9.98. The van der Waals surface area contributed by atoms with E-state index in [-0.39, 0.29) is 18.9 Å². The van der Waals surface area contributed by atoms with Crippen LogP contribution in [0.5, 0.6) is 0 Å². The molecule has 1 atom stereocenters. The van der Waals surface area contributed by atoms with Gasteiger partial charge in [-0.2, -0.15) is 0 Å². The molecule has 0 bridgehead atoms. The van der Waals surface area contributed by atoms with Crippen molar-refractivity contribution < 1.29 is 19.4 Å². The molecule has 1 aliphatic carbocycles. The molecule has 0 aromatic heterocycles. The molecule has 1 unspecified atom stereocenters. The summed E-state index contributed by atoms with van der Waals surface area (Å²) in [4.78, 5) is 26.0. The van der Waals surface area contributed by atoms with Gasteiger partial charge in [0.05, 0.1) is 5.69 Å². The van der Waals surface area contributed by atoms with E-state index in [0.29, 0.717) is 16.3 Å². The average Bonchev–Trinajstić information content (AvgIpc) is 3.30. The fourth-order valence-electron chi connectivity index (χ4n) is 4.51. The van der Waals surface area contributed by atoms with Crippen molar-refractivity contribution in [2.75, 3.05) is 11.5 Å². The summed E-state index contributed by atoms with van der Waals surface area (Å²) in [6.07, 6.45) is -0.514. The SMILES string of the molecule is O=C(O)C1Cc2c(Cl)cccc2N1C(=O)OCC1c2ccccc2-c2ccccc21. The molecule has 0 spiro atoms. The number of nitrogens with zero attached hydrogens (tertiary/aromatic N) is 1. The van der Waals surface area contributed by atoms with E-state index in [4.69, 9.17) is 16.3 Å². The van der Waals surface area contributed by atoms with Crippen molar-refractivity contribution in [2.24, 2.45) is 0 Å². The maximum Gasteiger partial charge on any atom is 0.415 e. The van der Waals surface area contributed by atoms with Crippen LogP contribution in [0.1, 0.15) is 22.6 Å². The summed E-state index contributed by atoms with van der Waals surface area (Å²) in [6, 6.07) is 20.2. The zero-order chi connectivity index (χ0) is 20.8. The van der Waals surface area contributed by atoms with Gasteiger partial charge in [-0.25, -0.2) is 9.59 Å². The van der Waals surface area contributed by atoms with Crippen molar-refractivity contribution >= 4 is 29.4 Å². The molecule has 0 saturated heterocycles. The third-order valence-electron chi connectivity index (χ3n) is 5.88. The first-order valence-corrected chi connectivity index (χ1v) is 10.1. The third-order valence-corrected chi connectivity index (χ3v) is 6.23. The Morgan fingerprint density at radius 2 is 1.60 bits per heavy atom. The number of hydrogen-bond donors (Lipinski definition) is 1. The van der Waals surface area contributed by atoms with E-state index in [2.05, 4.69) is 12.1 Å². The van der Waals surface area contributed by atoms with Crippen LogP contribution in [0, 0.1) is 0 Å². The Balaban J connectivity index is 1.43. The van der Waals surface area contributed by atoms with E-state index >= 15 is 0 Å². The highest BCUT2D eigenvalue weighted by Gasteiger charge is 2.41. The monoisotopic (exact) mass is 419 g/mol. The molecule has 5 rings (SSSR count). The van der Waals surface area contributed by atoms with Crippen LogP contribution in [-0.4, -0.2) is 29.8 Å². The molecule has 1 aliphatic heterocycles. The average molecular weight is 420 g/mol. The number of ether oxygens (including phenoxy) is 1. The molecular formula is C24H18ClNO4. The molecular weight excluding hydrogens is 402 g/mol. The van der Waals surface area contributed by atoms with Crippen LogP contribution in [-0.2, 0) is 16.0 Å². The van der Waals surface area contributed by atoms with E-state index in [1.165, 1.54) is 4.90 Å². The Morgan fingerprint density at radius 1 is 0.967 bits per heavy atom. The van der Waals surface area contributed by atoms with Crippen molar-refractivity contribution in [1.29, 1.82) is 0 Å². The first kappa shape index (κ1) is 18.7. The number of carbonyl (C=O) groups is 2. The minimum absolute atomic E-state index is 0.0916. The molecule has 30 heavy (non-hydrogen) atoms. The lowest BCUT2D eigenvalue weighted by Gasteiger charge is -2.23. The predicted molar refractivity (Wildman–Crippen MR) is 114 cm³/mol. The zero-order valence-electron chi connectivity index (χ0n) is 15.9. The number of benzene rings is 3. The van der Waals surface area contributed by atoms with Gasteiger partial charge < -0.3 is 9.84 Å². The molecule has 0 radical (unpaired) electrons. The number of amides is 1. The van der Waals surface area contributed by atoms with Gasteiger partial charge >= 0.3 is 12.1 Å². The molecule has 0 fully saturated rings. The Morgan fingerprint density at radius 3 is 2.23 bits per heavy atom. The summed E-state index contributed by atoms with van der Waals surface area (Å²) < 4.78 is 5.68. The van der Waals surface area contributed by atoms with E-state index in [1.807, 2.05) is 36.4 Å². The zero-order valence-corrected chi connectivity index (χ0v) is 16.7. The highest BCUT2D eigenvalue weighted by molar-refractivity contribution is 6.32. The molecule has 150 valence electrons. The maximum absolute atomic E-state index is 13.0. The van der Waals surface area contributed by atoms with Crippen LogP contribution < -0.4 is 4.90 Å². The number of carboxylic acids is 1. The fraction of sp³-hybridized carbons (Fsp3) is 0.167. The Hall–Kier alpha value is -3.31. The predicted octanol–water partition coefficient (Wildman–Crippen LogP) is 5.10. The van der Waals surface area contributed by atoms with Gasteiger partial charge in [-0.1, -0.05) is 66.2 Å². The number of fused-ring (bicyclic) bond motifs is 4. The molecule has 0 saturated carbocycles. The Kier molecular flexibility index (Phi) is 4.48. The highest BCUT2D eigenvalue weighted by Crippen LogP contribution is 2.45. The standard InChI is InChI=1S/C24H18ClNO4/c25-20-10-5-11-21-18(20)12-22(23(27)28)26(21)24(29)30-13-19-16-8-3-1-6-14(16)15-7-2-4-9-17(15)19/h1-11,19,22H,12-13H2,(H,27,28). The highest BCUT2D eigenvalue weighted by atomic mass is 35.5. The molecule has 3 aromatic carbocycles. The smallest absolute Gasteiger partial charge is 0.415 e. The lowest BCUT2D eigenvalue weighted by molar-refractivity contribution is -0.138. The number of carbonyl (C=O) groups excluding carboxylic acids is 1. The van der Waals surface area contributed by atoms with Gasteiger partial charge in [0.2, 0.25) is 0 Å². The van der Waals surface area contributed by atoms with Gasteiger partial charge in [-0.15, -0.1) is 0 Å². The summed E-state index contributed by atoms with van der Waals surface area (Å²) in [5.74, 6) is -1.18. The molecule has 1 heterocycles. The Labute approximate surface area is 178 Å². The van der Waals surface area contributed by atoms with Crippen LogP contribution in [0.3, 0.4) is 0 Å². The second-order valence-electron chi connectivity index (χ2n) is 7.47. The van der Waals surface area contributed by atoms with E-state index in [0.717, 1.165) is 22.3 Å². The first-order chi connectivity index (χ1) is 14.6. The number of hydrogen-bond acceptors (Lipinski definition) is 3. The van der Waals surface area contributed by atoms with Gasteiger partial charge in [-0.3, -0.25) is 4.90 Å². The summed E-state index contributed by atoms with van der Waals surface area (Å²) in [5, 5.41) is 10.1. The molecule has 1 N–H and O–H groups in total. The Bertz CT molecular complexity index is 1130. The molecule has 3 aromatic rings. The quantitative estimate of drug-likeness (QED) is 0.641. The summed E-state index contributed by atoms with van der Waals surface area (Å²) >= 11 is 6.23. The molecule has 5 nitrogen and oxygen atoms in total. The topological polar surface area (TPSA) is 66.8 Å².